The van der Waals surface area contributed by atoms with E-state index in [0.29, 0.717) is 16.6 Å². The van der Waals surface area contributed by atoms with Crippen LogP contribution in [0.3, 0.4) is 0 Å². The number of benzene rings is 2. The molecule has 3 aromatic rings. The van der Waals surface area contributed by atoms with E-state index in [0.717, 1.165) is 12.1 Å². The van der Waals surface area contributed by atoms with Gasteiger partial charge in [-0.3, -0.25) is 4.79 Å². The van der Waals surface area contributed by atoms with Crippen LogP contribution in [0.15, 0.2) is 47.4 Å². The van der Waals surface area contributed by atoms with Gasteiger partial charge in [-0.25, -0.2) is 13.6 Å². The van der Waals surface area contributed by atoms with Gasteiger partial charge in [-0.2, -0.15) is 0 Å². The molecule has 1 atom stereocenters. The topological polar surface area (TPSA) is 65.2 Å². The Labute approximate surface area is 158 Å². The van der Waals surface area contributed by atoms with Crippen LogP contribution in [-0.4, -0.2) is 23.0 Å². The number of H-pyrrole nitrogens is 1. The van der Waals surface area contributed by atoms with E-state index in [1.54, 1.807) is 14.0 Å². The monoisotopic (exact) mass is 391 g/mol. The van der Waals surface area contributed by atoms with Gasteiger partial charge in [0.25, 0.3) is 5.56 Å². The highest BCUT2D eigenvalue weighted by Crippen LogP contribution is 2.26. The molecule has 2 aromatic carbocycles. The summed E-state index contributed by atoms with van der Waals surface area (Å²) >= 11 is 5.72. The number of hydrogen-bond donors (Lipinski definition) is 2. The molecule has 0 aliphatic heterocycles. The number of urea groups is 1. The van der Waals surface area contributed by atoms with Gasteiger partial charge in [-0.05, 0) is 48.2 Å². The molecule has 1 unspecified atom stereocenters. The fourth-order valence-electron chi connectivity index (χ4n) is 2.77. The third-order valence-corrected chi connectivity index (χ3v) is 4.71. The number of pyridine rings is 1. The van der Waals surface area contributed by atoms with Crippen molar-refractivity contribution in [1.29, 1.82) is 0 Å². The quantitative estimate of drug-likeness (QED) is 0.680. The molecule has 3 rings (SSSR count). The molecule has 27 heavy (non-hydrogen) atoms. The Morgan fingerprint density at radius 1 is 1.19 bits per heavy atom. The molecular formula is C19H16ClF2N3O2. The fourth-order valence-corrected chi connectivity index (χ4v) is 2.95. The van der Waals surface area contributed by atoms with Crippen molar-refractivity contribution in [1.82, 2.24) is 9.88 Å². The van der Waals surface area contributed by atoms with Crippen molar-refractivity contribution in [3.63, 3.8) is 0 Å². The Morgan fingerprint density at radius 3 is 2.63 bits per heavy atom. The zero-order valence-corrected chi connectivity index (χ0v) is 15.3. The predicted molar refractivity (Wildman–Crippen MR) is 101 cm³/mol. The van der Waals surface area contributed by atoms with Gasteiger partial charge in [0.15, 0.2) is 0 Å². The van der Waals surface area contributed by atoms with Crippen molar-refractivity contribution in [2.24, 2.45) is 0 Å². The summed E-state index contributed by atoms with van der Waals surface area (Å²) in [5.74, 6) is -1.10. The maximum atomic E-state index is 13.5. The van der Waals surface area contributed by atoms with Crippen LogP contribution >= 0.6 is 11.6 Å². The van der Waals surface area contributed by atoms with Crippen molar-refractivity contribution in [2.45, 2.75) is 13.0 Å². The lowest BCUT2D eigenvalue weighted by molar-refractivity contribution is 0.208. The lowest BCUT2D eigenvalue weighted by atomic mass is 10.0. The van der Waals surface area contributed by atoms with Crippen molar-refractivity contribution < 1.29 is 13.6 Å². The SMILES string of the molecule is CC(c1c[nH]c(=O)c2cc(F)ccc12)N(C)C(=O)Nc1ccc(F)c(Cl)c1. The number of amides is 2. The summed E-state index contributed by atoms with van der Waals surface area (Å²) in [6.45, 7) is 1.77. The van der Waals surface area contributed by atoms with E-state index in [1.807, 2.05) is 0 Å². The van der Waals surface area contributed by atoms with Gasteiger partial charge in [-0.1, -0.05) is 17.7 Å². The highest BCUT2D eigenvalue weighted by Gasteiger charge is 2.20. The number of carbonyl (C=O) groups excluding carboxylic acids is 1. The van der Waals surface area contributed by atoms with Crippen LogP contribution in [0.5, 0.6) is 0 Å². The Bertz CT molecular complexity index is 1080. The van der Waals surface area contributed by atoms with Crippen LogP contribution < -0.4 is 10.9 Å². The average Bonchev–Trinajstić information content (AvgIpc) is 2.64. The molecule has 0 saturated carbocycles. The molecule has 1 aromatic heterocycles. The van der Waals surface area contributed by atoms with Gasteiger partial charge in [0.2, 0.25) is 0 Å². The molecule has 0 radical (unpaired) electrons. The second kappa shape index (κ2) is 7.36. The Hall–Kier alpha value is -2.93. The molecule has 5 nitrogen and oxygen atoms in total. The van der Waals surface area contributed by atoms with Crippen LogP contribution in [0.25, 0.3) is 10.8 Å². The lowest BCUT2D eigenvalue weighted by Crippen LogP contribution is -2.34. The van der Waals surface area contributed by atoms with Crippen molar-refractivity contribution >= 4 is 34.1 Å². The number of halogens is 3. The summed E-state index contributed by atoms with van der Waals surface area (Å²) in [5.41, 5.74) is 0.590. The molecule has 0 saturated heterocycles. The number of rotatable bonds is 3. The molecule has 8 heteroatoms. The Kier molecular flexibility index (Phi) is 5.14. The molecular weight excluding hydrogens is 376 g/mol. The van der Waals surface area contributed by atoms with E-state index in [2.05, 4.69) is 10.3 Å². The van der Waals surface area contributed by atoms with E-state index in [4.69, 9.17) is 11.6 Å². The number of nitrogens with zero attached hydrogens (tertiary/aromatic N) is 1. The van der Waals surface area contributed by atoms with E-state index in [1.165, 1.54) is 35.4 Å². The molecule has 0 spiro atoms. The molecule has 2 amide bonds. The van der Waals surface area contributed by atoms with E-state index >= 15 is 0 Å². The van der Waals surface area contributed by atoms with Gasteiger partial charge in [0.05, 0.1) is 16.5 Å². The van der Waals surface area contributed by atoms with E-state index in [9.17, 15) is 18.4 Å². The van der Waals surface area contributed by atoms with Gasteiger partial charge >= 0.3 is 6.03 Å². The first-order valence-electron chi connectivity index (χ1n) is 8.07. The minimum Gasteiger partial charge on any atom is -0.328 e. The predicted octanol–water partition coefficient (Wildman–Crippen LogP) is 4.68. The average molecular weight is 392 g/mol. The number of aromatic amines is 1. The summed E-state index contributed by atoms with van der Waals surface area (Å²) < 4.78 is 26.7. The summed E-state index contributed by atoms with van der Waals surface area (Å²) in [4.78, 5) is 28.5. The summed E-state index contributed by atoms with van der Waals surface area (Å²) in [6.07, 6.45) is 1.51. The smallest absolute Gasteiger partial charge is 0.322 e. The summed E-state index contributed by atoms with van der Waals surface area (Å²) in [6, 6.07) is 6.91. The lowest BCUT2D eigenvalue weighted by Gasteiger charge is -2.26. The van der Waals surface area contributed by atoms with Crippen LogP contribution in [0.2, 0.25) is 5.02 Å². The third kappa shape index (κ3) is 3.78. The number of aromatic nitrogens is 1. The Balaban J connectivity index is 1.88. The van der Waals surface area contributed by atoms with Crippen LogP contribution in [-0.2, 0) is 0 Å². The minimum absolute atomic E-state index is 0.0999. The number of nitrogens with one attached hydrogen (secondary N) is 2. The Morgan fingerprint density at radius 2 is 1.93 bits per heavy atom. The third-order valence-electron chi connectivity index (χ3n) is 4.42. The van der Waals surface area contributed by atoms with E-state index < -0.39 is 29.3 Å². The molecule has 0 fully saturated rings. The number of hydrogen-bond acceptors (Lipinski definition) is 2. The van der Waals surface area contributed by atoms with Gasteiger partial charge in [-0.15, -0.1) is 0 Å². The molecule has 140 valence electrons. The second-order valence-corrected chi connectivity index (χ2v) is 6.52. The van der Waals surface area contributed by atoms with E-state index in [-0.39, 0.29) is 10.4 Å². The normalized spacial score (nSPS) is 12.0. The van der Waals surface area contributed by atoms with Gasteiger partial charge in [0.1, 0.15) is 11.6 Å². The maximum absolute atomic E-state index is 13.5. The number of fused-ring (bicyclic) bond motifs is 1. The van der Waals surface area contributed by atoms with Gasteiger partial charge in [0, 0.05) is 18.9 Å². The fraction of sp³-hybridized carbons (Fsp3) is 0.158. The van der Waals surface area contributed by atoms with Gasteiger partial charge < -0.3 is 15.2 Å². The highest BCUT2D eigenvalue weighted by atomic mass is 35.5. The summed E-state index contributed by atoms with van der Waals surface area (Å²) in [7, 11) is 1.57. The van der Waals surface area contributed by atoms with Crippen LogP contribution in [0.4, 0.5) is 19.3 Å². The molecule has 1 heterocycles. The van der Waals surface area contributed by atoms with Crippen LogP contribution in [0, 0.1) is 11.6 Å². The van der Waals surface area contributed by atoms with Crippen LogP contribution in [0.1, 0.15) is 18.5 Å². The zero-order valence-electron chi connectivity index (χ0n) is 14.5. The molecule has 0 bridgehead atoms. The number of anilines is 1. The second-order valence-electron chi connectivity index (χ2n) is 6.11. The van der Waals surface area contributed by atoms with Crippen molar-refractivity contribution in [3.8, 4) is 0 Å². The van der Waals surface area contributed by atoms with Crippen molar-refractivity contribution in [3.05, 3.63) is 75.2 Å². The highest BCUT2D eigenvalue weighted by molar-refractivity contribution is 6.31. The standard InChI is InChI=1S/C19H16ClF2N3O2/c1-10(15-9-23-18(26)14-7-11(21)3-5-13(14)15)25(2)19(27)24-12-4-6-17(22)16(20)8-12/h3-10H,1-2H3,(H,23,26)(H,24,27). The largest absolute Gasteiger partial charge is 0.328 e. The van der Waals surface area contributed by atoms with Crippen molar-refractivity contribution in [2.75, 3.05) is 12.4 Å². The number of carbonyl (C=O) groups is 1. The first-order valence-corrected chi connectivity index (χ1v) is 8.45. The molecule has 0 aliphatic carbocycles. The first-order chi connectivity index (χ1) is 12.8. The first kappa shape index (κ1) is 18.8. The molecule has 2 N–H and O–H groups in total. The molecule has 0 aliphatic rings. The zero-order chi connectivity index (χ0) is 19.7. The maximum Gasteiger partial charge on any atom is 0.322 e. The minimum atomic E-state index is -0.580. The summed E-state index contributed by atoms with van der Waals surface area (Å²) in [5, 5.41) is 3.29.